The monoisotopic (exact) mass is 233 g/mol. The lowest BCUT2D eigenvalue weighted by atomic mass is 9.97. The molecule has 0 spiro atoms. The molecular formula is C14H23N3. The minimum Gasteiger partial charge on any atom is -0.311 e. The quantitative estimate of drug-likeness (QED) is 0.842. The van der Waals surface area contributed by atoms with Gasteiger partial charge in [0.25, 0.3) is 0 Å². The Morgan fingerprint density at radius 1 is 1.35 bits per heavy atom. The van der Waals surface area contributed by atoms with Crippen LogP contribution in [0.25, 0.3) is 0 Å². The summed E-state index contributed by atoms with van der Waals surface area (Å²) >= 11 is 0. The highest BCUT2D eigenvalue weighted by molar-refractivity contribution is 5.02. The molecule has 2 rings (SSSR count). The van der Waals surface area contributed by atoms with Gasteiger partial charge >= 0.3 is 0 Å². The second kappa shape index (κ2) is 6.72. The standard InChI is InChI=1S/C14H23N3/c1-2-17-9-6-13(7-10-17)11-15-12-14-5-3-4-8-16-14/h3-5,8,13,15H,2,6-7,9-12H2,1H3. The summed E-state index contributed by atoms with van der Waals surface area (Å²) in [5, 5.41) is 3.52. The zero-order chi connectivity index (χ0) is 11.9. The third-order valence-corrected chi connectivity index (χ3v) is 3.62. The summed E-state index contributed by atoms with van der Waals surface area (Å²) < 4.78 is 0. The van der Waals surface area contributed by atoms with E-state index in [0.29, 0.717) is 0 Å². The van der Waals surface area contributed by atoms with E-state index in [0.717, 1.165) is 24.7 Å². The van der Waals surface area contributed by atoms with Gasteiger partial charge < -0.3 is 10.2 Å². The highest BCUT2D eigenvalue weighted by Crippen LogP contribution is 2.15. The molecule has 0 atom stereocenters. The molecule has 1 aliphatic rings. The SMILES string of the molecule is CCN1CCC(CNCc2ccccn2)CC1. The van der Waals surface area contributed by atoms with Crippen LogP contribution in [0.4, 0.5) is 0 Å². The molecule has 1 saturated heterocycles. The minimum absolute atomic E-state index is 0.849. The number of likely N-dealkylation sites (tertiary alicyclic amines) is 1. The Hall–Kier alpha value is -0.930. The van der Waals surface area contributed by atoms with Gasteiger partial charge in [0.2, 0.25) is 0 Å². The molecule has 1 aromatic heterocycles. The van der Waals surface area contributed by atoms with E-state index < -0.39 is 0 Å². The summed E-state index contributed by atoms with van der Waals surface area (Å²) in [6.07, 6.45) is 4.53. The molecule has 0 aromatic carbocycles. The number of rotatable bonds is 5. The Balaban J connectivity index is 1.63. The third-order valence-electron chi connectivity index (χ3n) is 3.62. The average Bonchev–Trinajstić information content (AvgIpc) is 2.41. The first-order chi connectivity index (χ1) is 8.38. The van der Waals surface area contributed by atoms with Gasteiger partial charge in [-0.3, -0.25) is 4.98 Å². The summed E-state index contributed by atoms with van der Waals surface area (Å²) in [6.45, 7) is 8.02. The molecule has 2 heterocycles. The van der Waals surface area contributed by atoms with Crippen LogP contribution in [-0.2, 0) is 6.54 Å². The van der Waals surface area contributed by atoms with Crippen molar-refractivity contribution < 1.29 is 0 Å². The fourth-order valence-electron chi connectivity index (χ4n) is 2.41. The summed E-state index contributed by atoms with van der Waals surface area (Å²) in [4.78, 5) is 6.85. The van der Waals surface area contributed by atoms with Crippen LogP contribution in [-0.4, -0.2) is 36.1 Å². The van der Waals surface area contributed by atoms with Crippen molar-refractivity contribution in [2.45, 2.75) is 26.3 Å². The Labute approximate surface area is 104 Å². The van der Waals surface area contributed by atoms with E-state index in [9.17, 15) is 0 Å². The normalized spacial score (nSPS) is 18.4. The fourth-order valence-corrected chi connectivity index (χ4v) is 2.41. The molecule has 0 amide bonds. The van der Waals surface area contributed by atoms with Crippen LogP contribution in [0, 0.1) is 5.92 Å². The first kappa shape index (κ1) is 12.5. The van der Waals surface area contributed by atoms with Crippen LogP contribution in [0.5, 0.6) is 0 Å². The van der Waals surface area contributed by atoms with Gasteiger partial charge in [-0.15, -0.1) is 0 Å². The Morgan fingerprint density at radius 2 is 2.18 bits per heavy atom. The topological polar surface area (TPSA) is 28.2 Å². The van der Waals surface area contributed by atoms with Crippen LogP contribution in [0.2, 0.25) is 0 Å². The lowest BCUT2D eigenvalue weighted by Crippen LogP contribution is -2.37. The number of nitrogens with zero attached hydrogens (tertiary/aromatic N) is 2. The van der Waals surface area contributed by atoms with Gasteiger partial charge in [0.15, 0.2) is 0 Å². The molecule has 3 heteroatoms. The van der Waals surface area contributed by atoms with Crippen molar-refractivity contribution in [3.63, 3.8) is 0 Å². The second-order valence-electron chi connectivity index (χ2n) is 4.83. The van der Waals surface area contributed by atoms with Crippen LogP contribution >= 0.6 is 0 Å². The van der Waals surface area contributed by atoms with E-state index >= 15 is 0 Å². The molecule has 0 unspecified atom stereocenters. The van der Waals surface area contributed by atoms with Gasteiger partial charge in [-0.1, -0.05) is 13.0 Å². The van der Waals surface area contributed by atoms with Crippen molar-refractivity contribution in [1.82, 2.24) is 15.2 Å². The average molecular weight is 233 g/mol. The largest absolute Gasteiger partial charge is 0.311 e. The zero-order valence-electron chi connectivity index (χ0n) is 10.7. The van der Waals surface area contributed by atoms with Crippen molar-refractivity contribution in [2.75, 3.05) is 26.2 Å². The van der Waals surface area contributed by atoms with Crippen molar-refractivity contribution in [1.29, 1.82) is 0 Å². The first-order valence-electron chi connectivity index (χ1n) is 6.71. The molecule has 1 fully saturated rings. The molecule has 17 heavy (non-hydrogen) atoms. The lowest BCUT2D eigenvalue weighted by molar-refractivity contribution is 0.190. The number of pyridine rings is 1. The Morgan fingerprint density at radius 3 is 2.82 bits per heavy atom. The minimum atomic E-state index is 0.849. The number of hydrogen-bond donors (Lipinski definition) is 1. The van der Waals surface area contributed by atoms with E-state index in [2.05, 4.69) is 28.2 Å². The molecular weight excluding hydrogens is 210 g/mol. The van der Waals surface area contributed by atoms with E-state index in [1.807, 2.05) is 18.3 Å². The van der Waals surface area contributed by atoms with Gasteiger partial charge in [-0.2, -0.15) is 0 Å². The molecule has 3 nitrogen and oxygen atoms in total. The maximum absolute atomic E-state index is 4.32. The highest BCUT2D eigenvalue weighted by Gasteiger charge is 2.17. The molecule has 94 valence electrons. The lowest BCUT2D eigenvalue weighted by Gasteiger charge is -2.31. The molecule has 0 radical (unpaired) electrons. The Bertz CT molecular complexity index is 305. The second-order valence-corrected chi connectivity index (χ2v) is 4.83. The highest BCUT2D eigenvalue weighted by atomic mass is 15.1. The molecule has 1 aliphatic heterocycles. The van der Waals surface area contributed by atoms with Crippen molar-refractivity contribution in [3.05, 3.63) is 30.1 Å². The molecule has 0 bridgehead atoms. The van der Waals surface area contributed by atoms with E-state index in [1.54, 1.807) is 0 Å². The number of hydrogen-bond acceptors (Lipinski definition) is 3. The molecule has 1 aromatic rings. The summed E-state index contributed by atoms with van der Waals surface area (Å²) in [5.74, 6) is 0.849. The zero-order valence-corrected chi connectivity index (χ0v) is 10.7. The van der Waals surface area contributed by atoms with Gasteiger partial charge in [0.05, 0.1) is 5.69 Å². The smallest absolute Gasteiger partial charge is 0.0541 e. The van der Waals surface area contributed by atoms with Gasteiger partial charge in [-0.05, 0) is 57.1 Å². The van der Waals surface area contributed by atoms with E-state index in [-0.39, 0.29) is 0 Å². The molecule has 0 saturated carbocycles. The fraction of sp³-hybridized carbons (Fsp3) is 0.643. The molecule has 1 N–H and O–H groups in total. The van der Waals surface area contributed by atoms with Gasteiger partial charge in [-0.25, -0.2) is 0 Å². The number of nitrogens with one attached hydrogen (secondary N) is 1. The molecule has 0 aliphatic carbocycles. The van der Waals surface area contributed by atoms with Crippen LogP contribution in [0.15, 0.2) is 24.4 Å². The third kappa shape index (κ3) is 4.10. The summed E-state index contributed by atoms with van der Waals surface area (Å²) in [6, 6.07) is 6.08. The van der Waals surface area contributed by atoms with Crippen molar-refractivity contribution in [2.24, 2.45) is 5.92 Å². The van der Waals surface area contributed by atoms with Crippen LogP contribution in [0.3, 0.4) is 0 Å². The summed E-state index contributed by atoms with van der Waals surface area (Å²) in [7, 11) is 0. The predicted octanol–water partition coefficient (Wildman–Crippen LogP) is 1.90. The van der Waals surface area contributed by atoms with Gasteiger partial charge in [0, 0.05) is 12.7 Å². The Kier molecular flexibility index (Phi) is 4.95. The van der Waals surface area contributed by atoms with Crippen LogP contribution in [0.1, 0.15) is 25.5 Å². The number of piperidine rings is 1. The van der Waals surface area contributed by atoms with E-state index in [1.165, 1.54) is 32.5 Å². The first-order valence-corrected chi connectivity index (χ1v) is 6.71. The maximum atomic E-state index is 4.32. The predicted molar refractivity (Wildman–Crippen MR) is 70.8 cm³/mol. The number of aromatic nitrogens is 1. The van der Waals surface area contributed by atoms with Crippen molar-refractivity contribution >= 4 is 0 Å². The van der Waals surface area contributed by atoms with Gasteiger partial charge in [0.1, 0.15) is 0 Å². The van der Waals surface area contributed by atoms with E-state index in [4.69, 9.17) is 0 Å². The van der Waals surface area contributed by atoms with Crippen molar-refractivity contribution in [3.8, 4) is 0 Å². The van der Waals surface area contributed by atoms with Crippen LogP contribution < -0.4 is 5.32 Å². The summed E-state index contributed by atoms with van der Waals surface area (Å²) in [5.41, 5.74) is 1.14. The maximum Gasteiger partial charge on any atom is 0.0541 e.